The molecule has 0 saturated heterocycles. The van der Waals surface area contributed by atoms with E-state index in [-0.39, 0.29) is 11.6 Å². The van der Waals surface area contributed by atoms with Crippen molar-refractivity contribution in [2.24, 2.45) is 0 Å². The molecule has 132 valence electrons. The maximum absolute atomic E-state index is 13.3. The van der Waals surface area contributed by atoms with Crippen LogP contribution >= 0.6 is 0 Å². The van der Waals surface area contributed by atoms with Crippen LogP contribution in [0.3, 0.4) is 0 Å². The molecule has 3 aromatic heterocycles. The number of aryl methyl sites for hydroxylation is 1. The minimum Gasteiger partial charge on any atom is -0.304 e. The molecule has 0 bridgehead atoms. The van der Waals surface area contributed by atoms with Gasteiger partial charge < -0.3 is 4.57 Å². The number of nitrogens with zero attached hydrogens (tertiary/aromatic N) is 5. The summed E-state index contributed by atoms with van der Waals surface area (Å²) in [5.41, 5.74) is 3.41. The normalized spacial score (nSPS) is 12.9. The van der Waals surface area contributed by atoms with Crippen molar-refractivity contribution in [1.82, 2.24) is 24.1 Å². The highest BCUT2D eigenvalue weighted by Crippen LogP contribution is 2.26. The standard InChI is InChI=1S/C20H21N5O/c1-5-11-24-18-16(20(26)25(12(3)6-2)13(4)21-18)17-19(24)23-15-10-8-7-9-14(15)22-17/h5,7-10,12H,1,6,11H2,2-4H3. The van der Waals surface area contributed by atoms with Gasteiger partial charge in [-0.25, -0.2) is 15.0 Å². The van der Waals surface area contributed by atoms with Crippen molar-refractivity contribution in [3.63, 3.8) is 0 Å². The van der Waals surface area contributed by atoms with Gasteiger partial charge in [0.05, 0.1) is 11.0 Å². The highest BCUT2D eigenvalue weighted by atomic mass is 16.1. The van der Waals surface area contributed by atoms with Gasteiger partial charge in [-0.1, -0.05) is 25.1 Å². The van der Waals surface area contributed by atoms with Crippen molar-refractivity contribution in [3.05, 3.63) is 53.1 Å². The van der Waals surface area contributed by atoms with Crippen LogP contribution in [0, 0.1) is 6.92 Å². The zero-order chi connectivity index (χ0) is 18.4. The van der Waals surface area contributed by atoms with E-state index in [0.29, 0.717) is 34.6 Å². The molecule has 0 N–H and O–H groups in total. The van der Waals surface area contributed by atoms with Crippen molar-refractivity contribution in [2.75, 3.05) is 0 Å². The number of para-hydroxylation sites is 2. The third kappa shape index (κ3) is 2.25. The minimum atomic E-state index is -0.0563. The third-order valence-corrected chi connectivity index (χ3v) is 4.92. The Kier molecular flexibility index (Phi) is 3.83. The van der Waals surface area contributed by atoms with E-state index in [1.54, 1.807) is 10.6 Å². The number of benzene rings is 1. The summed E-state index contributed by atoms with van der Waals surface area (Å²) in [6.45, 7) is 10.3. The topological polar surface area (TPSA) is 65.6 Å². The molecule has 0 saturated carbocycles. The van der Waals surface area contributed by atoms with Gasteiger partial charge in [-0.15, -0.1) is 6.58 Å². The number of hydrogen-bond donors (Lipinski definition) is 0. The van der Waals surface area contributed by atoms with Gasteiger partial charge in [-0.3, -0.25) is 9.36 Å². The molecule has 0 spiro atoms. The summed E-state index contributed by atoms with van der Waals surface area (Å²) in [5.74, 6) is 0.703. The summed E-state index contributed by atoms with van der Waals surface area (Å²) < 4.78 is 3.68. The van der Waals surface area contributed by atoms with Gasteiger partial charge in [-0.05, 0) is 32.4 Å². The minimum absolute atomic E-state index is 0.0563. The molecule has 1 unspecified atom stereocenters. The van der Waals surface area contributed by atoms with Crippen molar-refractivity contribution >= 4 is 33.2 Å². The Morgan fingerprint density at radius 2 is 1.85 bits per heavy atom. The lowest BCUT2D eigenvalue weighted by Crippen LogP contribution is -2.26. The fourth-order valence-corrected chi connectivity index (χ4v) is 3.48. The van der Waals surface area contributed by atoms with Gasteiger partial charge in [-0.2, -0.15) is 0 Å². The molecule has 1 aromatic carbocycles. The number of rotatable bonds is 4. The molecular weight excluding hydrogens is 326 g/mol. The second-order valence-electron chi connectivity index (χ2n) is 6.57. The number of allylic oxidation sites excluding steroid dienone is 1. The van der Waals surface area contributed by atoms with E-state index in [9.17, 15) is 4.79 Å². The van der Waals surface area contributed by atoms with Gasteiger partial charge in [0.25, 0.3) is 5.56 Å². The third-order valence-electron chi connectivity index (χ3n) is 4.92. The smallest absolute Gasteiger partial charge is 0.265 e. The van der Waals surface area contributed by atoms with Crippen molar-refractivity contribution < 1.29 is 0 Å². The first kappa shape index (κ1) is 16.4. The average molecular weight is 347 g/mol. The van der Waals surface area contributed by atoms with E-state index >= 15 is 0 Å². The predicted molar refractivity (Wildman–Crippen MR) is 105 cm³/mol. The van der Waals surface area contributed by atoms with E-state index in [1.807, 2.05) is 42.7 Å². The lowest BCUT2D eigenvalue weighted by molar-refractivity contribution is 0.496. The molecule has 6 heteroatoms. The van der Waals surface area contributed by atoms with Crippen LogP contribution in [0.5, 0.6) is 0 Å². The second-order valence-corrected chi connectivity index (χ2v) is 6.57. The van der Waals surface area contributed by atoms with E-state index < -0.39 is 0 Å². The fourth-order valence-electron chi connectivity index (χ4n) is 3.48. The Hall–Kier alpha value is -3.02. The molecule has 3 heterocycles. The van der Waals surface area contributed by atoms with E-state index in [2.05, 4.69) is 13.5 Å². The van der Waals surface area contributed by atoms with Gasteiger partial charge in [0, 0.05) is 12.6 Å². The largest absolute Gasteiger partial charge is 0.304 e. The van der Waals surface area contributed by atoms with Crippen LogP contribution in [0.4, 0.5) is 0 Å². The molecule has 4 aromatic rings. The highest BCUT2D eigenvalue weighted by Gasteiger charge is 2.21. The van der Waals surface area contributed by atoms with Crippen LogP contribution in [-0.4, -0.2) is 24.1 Å². The number of hydrogen-bond acceptors (Lipinski definition) is 4. The van der Waals surface area contributed by atoms with Crippen molar-refractivity contribution in [3.8, 4) is 0 Å². The van der Waals surface area contributed by atoms with Crippen molar-refractivity contribution in [2.45, 2.75) is 39.8 Å². The quantitative estimate of drug-likeness (QED) is 0.527. The van der Waals surface area contributed by atoms with Crippen LogP contribution in [0.15, 0.2) is 41.7 Å². The maximum atomic E-state index is 13.3. The average Bonchev–Trinajstić information content (AvgIpc) is 2.93. The lowest BCUT2D eigenvalue weighted by atomic mass is 10.2. The lowest BCUT2D eigenvalue weighted by Gasteiger charge is -2.15. The Bertz CT molecular complexity index is 1220. The summed E-state index contributed by atoms with van der Waals surface area (Å²) in [5, 5.41) is 0.533. The Morgan fingerprint density at radius 3 is 2.50 bits per heavy atom. The maximum Gasteiger partial charge on any atom is 0.265 e. The van der Waals surface area contributed by atoms with Crippen LogP contribution < -0.4 is 5.56 Å². The van der Waals surface area contributed by atoms with Gasteiger partial charge in [0.15, 0.2) is 11.3 Å². The first-order valence-corrected chi connectivity index (χ1v) is 8.85. The Morgan fingerprint density at radius 1 is 1.15 bits per heavy atom. The molecule has 4 rings (SSSR count). The summed E-state index contributed by atoms with van der Waals surface area (Å²) >= 11 is 0. The Labute approximate surface area is 150 Å². The summed E-state index contributed by atoms with van der Waals surface area (Å²) in [4.78, 5) is 27.6. The van der Waals surface area contributed by atoms with Crippen molar-refractivity contribution in [1.29, 1.82) is 0 Å². The summed E-state index contributed by atoms with van der Waals surface area (Å²) in [6.07, 6.45) is 2.64. The van der Waals surface area contributed by atoms with E-state index in [1.165, 1.54) is 0 Å². The SMILES string of the molecule is C=CCn1c2nc3ccccc3nc2c2c(=O)n(C(C)CC)c(C)nc21. The monoisotopic (exact) mass is 347 g/mol. The molecule has 0 aliphatic rings. The Balaban J connectivity index is 2.24. The highest BCUT2D eigenvalue weighted by molar-refractivity contribution is 6.04. The van der Waals surface area contributed by atoms with Gasteiger partial charge >= 0.3 is 0 Å². The molecule has 26 heavy (non-hydrogen) atoms. The molecule has 0 fully saturated rings. The molecule has 6 nitrogen and oxygen atoms in total. The molecule has 0 radical (unpaired) electrons. The molecule has 0 aliphatic heterocycles. The zero-order valence-electron chi connectivity index (χ0n) is 15.2. The van der Waals surface area contributed by atoms with Crippen LogP contribution in [0.25, 0.3) is 33.2 Å². The van der Waals surface area contributed by atoms with Gasteiger partial charge in [0.1, 0.15) is 16.7 Å². The number of fused-ring (bicyclic) bond motifs is 4. The van der Waals surface area contributed by atoms with Crippen LogP contribution in [0.1, 0.15) is 32.1 Å². The first-order valence-electron chi connectivity index (χ1n) is 8.85. The van der Waals surface area contributed by atoms with Gasteiger partial charge in [0.2, 0.25) is 0 Å². The second kappa shape index (κ2) is 6.05. The van der Waals surface area contributed by atoms with Crippen LogP contribution in [0.2, 0.25) is 0 Å². The fraction of sp³-hybridized carbons (Fsp3) is 0.300. The summed E-state index contributed by atoms with van der Waals surface area (Å²) in [7, 11) is 0. The predicted octanol–water partition coefficient (Wildman–Crippen LogP) is 3.76. The van der Waals surface area contributed by atoms with E-state index in [4.69, 9.17) is 15.0 Å². The molecule has 1 atom stereocenters. The van der Waals surface area contributed by atoms with Crippen LogP contribution in [-0.2, 0) is 6.54 Å². The zero-order valence-corrected chi connectivity index (χ0v) is 15.2. The van der Waals surface area contributed by atoms with E-state index in [0.717, 1.165) is 17.5 Å². The molecule has 0 amide bonds. The number of aromatic nitrogens is 5. The molecule has 0 aliphatic carbocycles. The molecular formula is C20H21N5O. The summed E-state index contributed by atoms with van der Waals surface area (Å²) in [6, 6.07) is 7.76. The first-order chi connectivity index (χ1) is 12.6.